The molecule has 0 N–H and O–H groups in total. The van der Waals surface area contributed by atoms with Gasteiger partial charge in [0.25, 0.3) is 0 Å². The lowest BCUT2D eigenvalue weighted by atomic mass is 10.1. The lowest BCUT2D eigenvalue weighted by molar-refractivity contribution is 0.211. The highest BCUT2D eigenvalue weighted by Gasteiger charge is 2.25. The fourth-order valence-corrected chi connectivity index (χ4v) is 3.69. The van der Waals surface area contributed by atoms with Gasteiger partial charge in [0, 0.05) is 19.1 Å². The van der Waals surface area contributed by atoms with E-state index in [2.05, 4.69) is 32.2 Å². The summed E-state index contributed by atoms with van der Waals surface area (Å²) < 4.78 is 1.96. The summed E-state index contributed by atoms with van der Waals surface area (Å²) in [6.45, 7) is 8.99. The molecule has 0 bridgehead atoms. The van der Waals surface area contributed by atoms with E-state index in [4.69, 9.17) is 0 Å². The van der Waals surface area contributed by atoms with Gasteiger partial charge in [-0.25, -0.2) is 4.68 Å². The molecule has 0 spiro atoms. The number of rotatable bonds is 5. The fraction of sp³-hybridized carbons (Fsp3) is 0.933. The van der Waals surface area contributed by atoms with Gasteiger partial charge in [0.1, 0.15) is 0 Å². The minimum Gasteiger partial charge on any atom is -0.300 e. The molecule has 3 heterocycles. The van der Waals surface area contributed by atoms with Crippen LogP contribution in [0.25, 0.3) is 0 Å². The molecule has 0 unspecified atom stereocenters. The van der Waals surface area contributed by atoms with Crippen molar-refractivity contribution in [3.8, 4) is 0 Å². The number of hydrogen-bond acceptors (Lipinski definition) is 5. The quantitative estimate of drug-likeness (QED) is 0.824. The first-order valence-electron chi connectivity index (χ1n) is 8.58. The smallest absolute Gasteiger partial charge is 0.165 e. The Morgan fingerprint density at radius 2 is 1.90 bits per heavy atom. The molecule has 118 valence electrons. The first kappa shape index (κ1) is 14.9. The second kappa shape index (κ2) is 7.31. The van der Waals surface area contributed by atoms with Crippen molar-refractivity contribution in [3.05, 3.63) is 5.82 Å². The van der Waals surface area contributed by atoms with Gasteiger partial charge in [-0.05, 0) is 68.6 Å². The molecule has 0 saturated carbocycles. The van der Waals surface area contributed by atoms with Gasteiger partial charge in [-0.1, -0.05) is 6.92 Å². The van der Waals surface area contributed by atoms with Crippen molar-refractivity contribution in [2.75, 3.05) is 26.2 Å². The summed E-state index contributed by atoms with van der Waals surface area (Å²) in [7, 11) is 0. The molecule has 2 saturated heterocycles. The number of tetrazole rings is 1. The van der Waals surface area contributed by atoms with E-state index in [1.54, 1.807) is 0 Å². The third-order valence-corrected chi connectivity index (χ3v) is 4.85. The van der Waals surface area contributed by atoms with E-state index in [1.165, 1.54) is 58.3 Å². The van der Waals surface area contributed by atoms with E-state index in [9.17, 15) is 0 Å². The Kier molecular flexibility index (Phi) is 5.19. The average Bonchev–Trinajstić information content (AvgIpc) is 3.10. The minimum absolute atomic E-state index is 0.809. The molecule has 1 aromatic rings. The van der Waals surface area contributed by atoms with Crippen LogP contribution in [0.2, 0.25) is 0 Å². The SMILES string of the molecule is CCCn1nnnc1CN1CCC[C@H](N2CCCC2)CC1. The molecule has 1 atom stereocenters. The molecule has 3 rings (SSSR count). The Morgan fingerprint density at radius 1 is 1.05 bits per heavy atom. The third-order valence-electron chi connectivity index (χ3n) is 4.85. The second-order valence-electron chi connectivity index (χ2n) is 6.42. The lowest BCUT2D eigenvalue weighted by Gasteiger charge is -2.26. The first-order chi connectivity index (χ1) is 10.4. The second-order valence-corrected chi connectivity index (χ2v) is 6.42. The highest BCUT2D eigenvalue weighted by atomic mass is 15.5. The molecule has 0 aromatic carbocycles. The average molecular weight is 292 g/mol. The number of likely N-dealkylation sites (tertiary alicyclic amines) is 2. The van der Waals surface area contributed by atoms with Crippen LogP contribution in [0.15, 0.2) is 0 Å². The Bertz CT molecular complexity index is 426. The van der Waals surface area contributed by atoms with E-state index in [-0.39, 0.29) is 0 Å². The van der Waals surface area contributed by atoms with Crippen LogP contribution in [-0.2, 0) is 13.1 Å². The number of hydrogen-bond donors (Lipinski definition) is 0. The summed E-state index contributed by atoms with van der Waals surface area (Å²) in [6, 6.07) is 0.809. The number of aromatic nitrogens is 4. The van der Waals surface area contributed by atoms with Crippen molar-refractivity contribution >= 4 is 0 Å². The third kappa shape index (κ3) is 3.80. The molecule has 0 amide bonds. The Labute approximate surface area is 127 Å². The Hall–Kier alpha value is -1.01. The standard InChI is InChI=1S/C15H28N6/c1-2-8-21-15(16-17-18-21)13-19-9-5-6-14(7-12-19)20-10-3-4-11-20/h14H,2-13H2,1H3/t14-/m0/s1. The molecule has 6 nitrogen and oxygen atoms in total. The maximum atomic E-state index is 4.21. The van der Waals surface area contributed by atoms with Crippen molar-refractivity contribution in [3.63, 3.8) is 0 Å². The number of aryl methyl sites for hydroxylation is 1. The maximum absolute atomic E-state index is 4.21. The Morgan fingerprint density at radius 3 is 2.71 bits per heavy atom. The highest BCUT2D eigenvalue weighted by Crippen LogP contribution is 2.21. The molecular formula is C15H28N6. The minimum atomic E-state index is 0.809. The van der Waals surface area contributed by atoms with Gasteiger partial charge >= 0.3 is 0 Å². The van der Waals surface area contributed by atoms with Crippen LogP contribution in [0.3, 0.4) is 0 Å². The molecule has 0 aliphatic carbocycles. The van der Waals surface area contributed by atoms with Crippen LogP contribution in [0, 0.1) is 0 Å². The van der Waals surface area contributed by atoms with Crippen LogP contribution in [0.1, 0.15) is 51.3 Å². The summed E-state index contributed by atoms with van der Waals surface area (Å²) in [4.78, 5) is 5.25. The van der Waals surface area contributed by atoms with Gasteiger partial charge < -0.3 is 4.90 Å². The van der Waals surface area contributed by atoms with Gasteiger partial charge in [0.2, 0.25) is 0 Å². The predicted molar refractivity (Wildman–Crippen MR) is 81.8 cm³/mol. The van der Waals surface area contributed by atoms with Crippen LogP contribution in [0.4, 0.5) is 0 Å². The van der Waals surface area contributed by atoms with Crippen LogP contribution in [-0.4, -0.2) is 62.2 Å². The predicted octanol–water partition coefficient (Wildman–Crippen LogP) is 1.53. The van der Waals surface area contributed by atoms with E-state index < -0.39 is 0 Å². The summed E-state index contributed by atoms with van der Waals surface area (Å²) in [5.74, 6) is 1.02. The van der Waals surface area contributed by atoms with E-state index in [0.717, 1.165) is 31.4 Å². The van der Waals surface area contributed by atoms with Crippen molar-refractivity contribution in [1.29, 1.82) is 0 Å². The van der Waals surface area contributed by atoms with Crippen molar-refractivity contribution in [1.82, 2.24) is 30.0 Å². The largest absolute Gasteiger partial charge is 0.300 e. The molecule has 6 heteroatoms. The zero-order chi connectivity index (χ0) is 14.5. The molecule has 2 aliphatic rings. The highest BCUT2D eigenvalue weighted by molar-refractivity contribution is 4.85. The molecule has 0 radical (unpaired) electrons. The lowest BCUT2D eigenvalue weighted by Crippen LogP contribution is -2.34. The van der Waals surface area contributed by atoms with Gasteiger partial charge in [-0.15, -0.1) is 5.10 Å². The maximum Gasteiger partial charge on any atom is 0.165 e. The fourth-order valence-electron chi connectivity index (χ4n) is 3.69. The van der Waals surface area contributed by atoms with Crippen molar-refractivity contribution in [2.24, 2.45) is 0 Å². The molecule has 21 heavy (non-hydrogen) atoms. The summed E-state index contributed by atoms with van der Waals surface area (Å²) in [5, 5.41) is 12.1. The van der Waals surface area contributed by atoms with E-state index >= 15 is 0 Å². The van der Waals surface area contributed by atoms with Gasteiger partial charge in [-0.3, -0.25) is 4.90 Å². The monoisotopic (exact) mass is 292 g/mol. The van der Waals surface area contributed by atoms with E-state index in [0.29, 0.717) is 0 Å². The normalized spacial score (nSPS) is 25.3. The van der Waals surface area contributed by atoms with Gasteiger partial charge in [0.15, 0.2) is 5.82 Å². The molecule has 2 fully saturated rings. The zero-order valence-electron chi connectivity index (χ0n) is 13.2. The first-order valence-corrected chi connectivity index (χ1v) is 8.58. The molecule has 2 aliphatic heterocycles. The summed E-state index contributed by atoms with van der Waals surface area (Å²) >= 11 is 0. The van der Waals surface area contributed by atoms with Crippen LogP contribution < -0.4 is 0 Å². The van der Waals surface area contributed by atoms with Crippen molar-refractivity contribution < 1.29 is 0 Å². The topological polar surface area (TPSA) is 50.1 Å². The zero-order valence-corrected chi connectivity index (χ0v) is 13.2. The molecular weight excluding hydrogens is 264 g/mol. The Balaban J connectivity index is 1.53. The number of nitrogens with zero attached hydrogens (tertiary/aromatic N) is 6. The van der Waals surface area contributed by atoms with Crippen molar-refractivity contribution in [2.45, 2.75) is 64.6 Å². The molecule has 1 aromatic heterocycles. The van der Waals surface area contributed by atoms with Crippen LogP contribution >= 0.6 is 0 Å². The van der Waals surface area contributed by atoms with E-state index in [1.807, 2.05) is 4.68 Å². The van der Waals surface area contributed by atoms with Gasteiger partial charge in [0.05, 0.1) is 6.54 Å². The summed E-state index contributed by atoms with van der Waals surface area (Å²) in [5.41, 5.74) is 0. The summed E-state index contributed by atoms with van der Waals surface area (Å²) in [6.07, 6.45) is 7.83. The van der Waals surface area contributed by atoms with Gasteiger partial charge in [-0.2, -0.15) is 0 Å². The van der Waals surface area contributed by atoms with Crippen LogP contribution in [0.5, 0.6) is 0 Å².